The van der Waals surface area contributed by atoms with Crippen LogP contribution in [0.4, 0.5) is 5.69 Å². The molecule has 0 unspecified atom stereocenters. The monoisotopic (exact) mass is 185 g/mol. The fourth-order valence-corrected chi connectivity index (χ4v) is 0.930. The molecular weight excluding hydrogens is 178 g/mol. The van der Waals surface area contributed by atoms with Crippen LogP contribution in [0.3, 0.4) is 0 Å². The third-order valence-electron chi connectivity index (χ3n) is 1.21. The molecule has 0 aromatic heterocycles. The molecule has 0 aliphatic carbocycles. The Balaban J connectivity index is 2.90. The summed E-state index contributed by atoms with van der Waals surface area (Å²) in [6, 6.07) is 6.36. The smallest absolute Gasteiger partial charge is 0.230 e. The van der Waals surface area contributed by atoms with E-state index in [9.17, 15) is 8.42 Å². The summed E-state index contributed by atoms with van der Waals surface area (Å²) in [6.07, 6.45) is 0. The molecule has 0 fully saturated rings. The molecule has 0 aliphatic heterocycles. The van der Waals surface area contributed by atoms with Crippen molar-refractivity contribution in [3.05, 3.63) is 24.3 Å². The standard InChI is InChI=1S/C7H7NO3S/c9-7-4-2-1-3-6(7)8-5-12(10)11/h1-5,8-9H. The molecule has 5 heteroatoms. The summed E-state index contributed by atoms with van der Waals surface area (Å²) in [7, 11) is -2.27. The van der Waals surface area contributed by atoms with Crippen LogP contribution in [0.1, 0.15) is 0 Å². The van der Waals surface area contributed by atoms with E-state index in [-0.39, 0.29) is 5.75 Å². The summed E-state index contributed by atoms with van der Waals surface area (Å²) in [4.78, 5) is 0. The van der Waals surface area contributed by atoms with Crippen LogP contribution in [0.15, 0.2) is 24.3 Å². The fourth-order valence-electron chi connectivity index (χ4n) is 0.707. The van der Waals surface area contributed by atoms with E-state index in [1.165, 1.54) is 6.07 Å². The number of phenols is 1. The Kier molecular flexibility index (Phi) is 2.71. The van der Waals surface area contributed by atoms with E-state index in [1.807, 2.05) is 0 Å². The minimum absolute atomic E-state index is 0.0131. The minimum Gasteiger partial charge on any atom is -0.506 e. The molecule has 0 amide bonds. The van der Waals surface area contributed by atoms with Gasteiger partial charge < -0.3 is 10.4 Å². The summed E-state index contributed by atoms with van der Waals surface area (Å²) in [5, 5.41) is 11.6. The van der Waals surface area contributed by atoms with Crippen LogP contribution in [-0.4, -0.2) is 19.0 Å². The highest BCUT2D eigenvalue weighted by molar-refractivity contribution is 7.71. The fraction of sp³-hybridized carbons (Fsp3) is 0. The predicted molar refractivity (Wildman–Crippen MR) is 46.7 cm³/mol. The Hall–Kier alpha value is -1.49. The number of phenolic OH excluding ortho intramolecular Hbond substituents is 1. The van der Waals surface area contributed by atoms with Crippen LogP contribution in [0.5, 0.6) is 5.75 Å². The molecule has 0 saturated heterocycles. The van der Waals surface area contributed by atoms with Crippen LogP contribution in [-0.2, 0) is 10.3 Å². The SMILES string of the molecule is O=S(=O)=CNc1ccccc1O. The van der Waals surface area contributed by atoms with E-state index in [1.54, 1.807) is 18.2 Å². The van der Waals surface area contributed by atoms with Gasteiger partial charge in [0, 0.05) is 0 Å². The third kappa shape index (κ3) is 2.28. The van der Waals surface area contributed by atoms with Gasteiger partial charge in [0.25, 0.3) is 0 Å². The lowest BCUT2D eigenvalue weighted by Crippen LogP contribution is -1.94. The van der Waals surface area contributed by atoms with E-state index in [2.05, 4.69) is 5.32 Å². The van der Waals surface area contributed by atoms with Gasteiger partial charge in [0.15, 0.2) is 0 Å². The van der Waals surface area contributed by atoms with Crippen molar-refractivity contribution in [3.8, 4) is 5.75 Å². The van der Waals surface area contributed by atoms with Gasteiger partial charge in [0.2, 0.25) is 10.3 Å². The number of para-hydroxylation sites is 2. The van der Waals surface area contributed by atoms with Gasteiger partial charge in [-0.3, -0.25) is 0 Å². The molecule has 0 radical (unpaired) electrons. The average molecular weight is 185 g/mol. The van der Waals surface area contributed by atoms with Crippen LogP contribution in [0, 0.1) is 0 Å². The van der Waals surface area contributed by atoms with E-state index in [0.29, 0.717) is 5.69 Å². The second-order valence-corrected chi connectivity index (χ2v) is 2.80. The molecule has 4 nitrogen and oxygen atoms in total. The first-order valence-electron chi connectivity index (χ1n) is 3.16. The summed E-state index contributed by atoms with van der Waals surface area (Å²) >= 11 is 0. The second kappa shape index (κ2) is 3.77. The first-order valence-corrected chi connectivity index (χ1v) is 4.30. The Morgan fingerprint density at radius 2 is 2.00 bits per heavy atom. The average Bonchev–Trinajstić information content (AvgIpc) is 2.03. The highest BCUT2D eigenvalue weighted by Crippen LogP contribution is 2.20. The number of nitrogens with one attached hydrogen (secondary N) is 1. The molecule has 12 heavy (non-hydrogen) atoms. The van der Waals surface area contributed by atoms with Crippen LogP contribution < -0.4 is 5.32 Å². The highest BCUT2D eigenvalue weighted by atomic mass is 32.2. The van der Waals surface area contributed by atoms with Crippen LogP contribution in [0.25, 0.3) is 0 Å². The van der Waals surface area contributed by atoms with E-state index < -0.39 is 10.3 Å². The largest absolute Gasteiger partial charge is 0.506 e. The molecule has 1 rings (SSSR count). The zero-order chi connectivity index (χ0) is 8.97. The van der Waals surface area contributed by atoms with Gasteiger partial charge in [-0.2, -0.15) is 8.42 Å². The maximum absolute atomic E-state index is 10.1. The second-order valence-electron chi connectivity index (χ2n) is 2.04. The normalized spacial score (nSPS) is 9.00. The summed E-state index contributed by atoms with van der Waals surface area (Å²) in [5.74, 6) is 0.0131. The van der Waals surface area contributed by atoms with Gasteiger partial charge in [-0.25, -0.2) is 0 Å². The third-order valence-corrected chi connectivity index (χ3v) is 1.53. The van der Waals surface area contributed by atoms with Gasteiger partial charge in [-0.15, -0.1) is 0 Å². The van der Waals surface area contributed by atoms with Gasteiger partial charge in [-0.1, -0.05) is 12.1 Å². The topological polar surface area (TPSA) is 66.4 Å². The molecule has 0 aliphatic rings. The molecule has 64 valence electrons. The van der Waals surface area contributed by atoms with E-state index >= 15 is 0 Å². The first-order chi connectivity index (χ1) is 5.70. The van der Waals surface area contributed by atoms with Crippen molar-refractivity contribution in [2.75, 3.05) is 5.32 Å². The molecular formula is C7H7NO3S. The Morgan fingerprint density at radius 1 is 1.33 bits per heavy atom. The minimum atomic E-state index is -2.27. The first kappa shape index (κ1) is 8.61. The molecule has 0 atom stereocenters. The number of anilines is 1. The molecule has 0 bridgehead atoms. The van der Waals surface area contributed by atoms with Gasteiger partial charge in [0.1, 0.15) is 11.2 Å². The number of benzene rings is 1. The lowest BCUT2D eigenvalue weighted by Gasteiger charge is -1.99. The van der Waals surface area contributed by atoms with E-state index in [0.717, 1.165) is 5.49 Å². The molecule has 1 aromatic carbocycles. The predicted octanol–water partition coefficient (Wildman–Crippen LogP) is 0.443. The summed E-state index contributed by atoms with van der Waals surface area (Å²) < 4.78 is 20.2. The summed E-state index contributed by atoms with van der Waals surface area (Å²) in [5.41, 5.74) is 1.22. The Morgan fingerprint density at radius 3 is 2.58 bits per heavy atom. The summed E-state index contributed by atoms with van der Waals surface area (Å²) in [6.45, 7) is 0. The van der Waals surface area contributed by atoms with Gasteiger partial charge >= 0.3 is 0 Å². The Bertz CT molecular complexity index is 389. The van der Waals surface area contributed by atoms with E-state index in [4.69, 9.17) is 5.11 Å². The molecule has 0 heterocycles. The zero-order valence-corrected chi connectivity index (χ0v) is 6.88. The molecule has 0 saturated carbocycles. The Labute approximate surface area is 71.0 Å². The molecule has 2 N–H and O–H groups in total. The number of rotatable bonds is 2. The quantitative estimate of drug-likeness (QED) is 0.518. The van der Waals surface area contributed by atoms with Gasteiger partial charge in [0.05, 0.1) is 5.69 Å². The van der Waals surface area contributed by atoms with Crippen molar-refractivity contribution in [3.63, 3.8) is 0 Å². The molecule has 0 spiro atoms. The number of aromatic hydroxyl groups is 1. The highest BCUT2D eigenvalue weighted by Gasteiger charge is 1.94. The van der Waals surface area contributed by atoms with Crippen LogP contribution >= 0.6 is 0 Å². The lowest BCUT2D eigenvalue weighted by atomic mass is 10.3. The van der Waals surface area contributed by atoms with Crippen LogP contribution in [0.2, 0.25) is 0 Å². The maximum Gasteiger partial charge on any atom is 0.230 e. The number of hydrogen-bond donors (Lipinski definition) is 2. The van der Waals surface area contributed by atoms with Crippen molar-refractivity contribution in [1.29, 1.82) is 0 Å². The van der Waals surface area contributed by atoms with Crippen molar-refractivity contribution in [2.24, 2.45) is 0 Å². The van der Waals surface area contributed by atoms with Crippen molar-refractivity contribution in [1.82, 2.24) is 0 Å². The van der Waals surface area contributed by atoms with Crippen molar-refractivity contribution in [2.45, 2.75) is 0 Å². The molecule has 1 aromatic rings. The van der Waals surface area contributed by atoms with Crippen molar-refractivity contribution >= 4 is 21.5 Å². The zero-order valence-electron chi connectivity index (χ0n) is 6.06. The maximum atomic E-state index is 10.1. The number of hydrogen-bond acceptors (Lipinski definition) is 3. The van der Waals surface area contributed by atoms with Crippen molar-refractivity contribution < 1.29 is 13.5 Å². The van der Waals surface area contributed by atoms with Gasteiger partial charge in [-0.05, 0) is 12.1 Å². The lowest BCUT2D eigenvalue weighted by molar-refractivity contribution is 0.478.